The molecule has 7 nitrogen and oxygen atoms in total. The number of nitrogens with two attached hydrogens (primary N) is 1. The highest BCUT2D eigenvalue weighted by atomic mass is 16.6. The van der Waals surface area contributed by atoms with E-state index in [4.69, 9.17) is 5.73 Å². The van der Waals surface area contributed by atoms with Crippen LogP contribution in [0.15, 0.2) is 18.2 Å². The monoisotopic (exact) mass is 281 g/mol. The van der Waals surface area contributed by atoms with Crippen molar-refractivity contribution in [3.63, 3.8) is 0 Å². The Morgan fingerprint density at radius 3 is 2.70 bits per heavy atom. The van der Waals surface area contributed by atoms with E-state index in [9.17, 15) is 20.0 Å². The molecular weight excluding hydrogens is 262 g/mol. The van der Waals surface area contributed by atoms with E-state index in [1.807, 2.05) is 13.8 Å². The average molecular weight is 281 g/mol. The summed E-state index contributed by atoms with van der Waals surface area (Å²) < 4.78 is 0. The minimum absolute atomic E-state index is 0.0155. The molecule has 0 aliphatic carbocycles. The number of rotatable bonds is 6. The fraction of sp³-hybridized carbons (Fsp3) is 0.462. The van der Waals surface area contributed by atoms with Gasteiger partial charge in [-0.3, -0.25) is 14.9 Å². The first-order valence-electron chi connectivity index (χ1n) is 6.33. The zero-order valence-corrected chi connectivity index (χ0v) is 11.5. The Balaban J connectivity index is 2.64. The van der Waals surface area contributed by atoms with E-state index in [0.717, 1.165) is 6.07 Å². The van der Waals surface area contributed by atoms with Gasteiger partial charge in [-0.2, -0.15) is 0 Å². The summed E-state index contributed by atoms with van der Waals surface area (Å²) in [6.45, 7) is 4.07. The second-order valence-corrected chi connectivity index (χ2v) is 4.89. The summed E-state index contributed by atoms with van der Waals surface area (Å²) in [7, 11) is 0. The van der Waals surface area contributed by atoms with Crippen LogP contribution in [0.25, 0.3) is 0 Å². The van der Waals surface area contributed by atoms with Gasteiger partial charge in [0.2, 0.25) is 0 Å². The van der Waals surface area contributed by atoms with Gasteiger partial charge in [0.1, 0.15) is 5.69 Å². The summed E-state index contributed by atoms with van der Waals surface area (Å²) in [5.41, 5.74) is 5.35. The summed E-state index contributed by atoms with van der Waals surface area (Å²) in [4.78, 5) is 21.9. The maximum Gasteiger partial charge on any atom is 0.292 e. The van der Waals surface area contributed by atoms with Crippen molar-refractivity contribution < 1.29 is 14.8 Å². The number of carbonyl (C=O) groups excluding carboxylic acids is 1. The molecule has 0 spiro atoms. The second kappa shape index (κ2) is 6.85. The van der Waals surface area contributed by atoms with Crippen LogP contribution in [0.1, 0.15) is 30.6 Å². The summed E-state index contributed by atoms with van der Waals surface area (Å²) in [5, 5.41) is 22.9. The van der Waals surface area contributed by atoms with Crippen molar-refractivity contribution >= 4 is 17.3 Å². The molecule has 20 heavy (non-hydrogen) atoms. The number of nitrogens with zero attached hydrogens (tertiary/aromatic N) is 1. The number of aliphatic hydroxyl groups is 1. The SMILES string of the molecule is CC(C)C(O)CCNC(=O)c1ccc(N)c([N+](=O)[O-])c1. The van der Waals surface area contributed by atoms with Crippen LogP contribution in [0, 0.1) is 16.0 Å². The molecule has 4 N–H and O–H groups in total. The van der Waals surface area contributed by atoms with Crippen LogP contribution < -0.4 is 11.1 Å². The molecular formula is C13H19N3O4. The minimum atomic E-state index is -0.630. The van der Waals surface area contributed by atoms with Crippen molar-refractivity contribution in [3.05, 3.63) is 33.9 Å². The zero-order chi connectivity index (χ0) is 15.3. The van der Waals surface area contributed by atoms with Crippen LogP contribution in [0.5, 0.6) is 0 Å². The Kier molecular flexibility index (Phi) is 5.45. The van der Waals surface area contributed by atoms with E-state index in [1.54, 1.807) is 0 Å². The predicted molar refractivity (Wildman–Crippen MR) is 75.3 cm³/mol. The number of nitrogen functional groups attached to an aromatic ring is 1. The molecule has 1 amide bonds. The molecule has 1 unspecified atom stereocenters. The van der Waals surface area contributed by atoms with Gasteiger partial charge in [0.05, 0.1) is 11.0 Å². The van der Waals surface area contributed by atoms with Crippen molar-refractivity contribution in [1.29, 1.82) is 0 Å². The highest BCUT2D eigenvalue weighted by Gasteiger charge is 2.16. The fourth-order valence-corrected chi connectivity index (χ4v) is 1.61. The Bertz CT molecular complexity index is 502. The van der Waals surface area contributed by atoms with E-state index in [1.165, 1.54) is 12.1 Å². The van der Waals surface area contributed by atoms with Crippen molar-refractivity contribution in [3.8, 4) is 0 Å². The first kappa shape index (κ1) is 15.9. The van der Waals surface area contributed by atoms with Crippen molar-refractivity contribution in [2.45, 2.75) is 26.4 Å². The number of carbonyl (C=O) groups is 1. The summed E-state index contributed by atoms with van der Waals surface area (Å²) in [5.74, 6) is -0.312. The third kappa shape index (κ3) is 4.20. The number of hydrogen-bond donors (Lipinski definition) is 3. The standard InChI is InChI=1S/C13H19N3O4/c1-8(2)12(17)5-6-15-13(18)9-3-4-10(14)11(7-9)16(19)20/h3-4,7-8,12,17H,5-6,14H2,1-2H3,(H,15,18). The normalized spacial score (nSPS) is 12.2. The molecule has 0 bridgehead atoms. The number of hydrogen-bond acceptors (Lipinski definition) is 5. The Hall–Kier alpha value is -2.15. The molecule has 1 rings (SSSR count). The van der Waals surface area contributed by atoms with Gasteiger partial charge in [-0.1, -0.05) is 13.8 Å². The van der Waals surface area contributed by atoms with Crippen LogP contribution in [0.4, 0.5) is 11.4 Å². The van der Waals surface area contributed by atoms with Crippen molar-refractivity contribution in [1.82, 2.24) is 5.32 Å². The molecule has 0 heterocycles. The van der Waals surface area contributed by atoms with Gasteiger partial charge >= 0.3 is 0 Å². The molecule has 0 saturated heterocycles. The lowest BCUT2D eigenvalue weighted by Gasteiger charge is -2.14. The highest BCUT2D eigenvalue weighted by Crippen LogP contribution is 2.22. The van der Waals surface area contributed by atoms with Gasteiger partial charge in [-0.05, 0) is 24.5 Å². The van der Waals surface area contributed by atoms with Gasteiger partial charge in [-0.15, -0.1) is 0 Å². The molecule has 1 aromatic carbocycles. The number of aliphatic hydroxyl groups excluding tert-OH is 1. The maximum absolute atomic E-state index is 11.8. The van der Waals surface area contributed by atoms with Gasteiger partial charge in [0.15, 0.2) is 0 Å². The third-order valence-corrected chi connectivity index (χ3v) is 2.98. The van der Waals surface area contributed by atoms with Crippen molar-refractivity contribution in [2.75, 3.05) is 12.3 Å². The maximum atomic E-state index is 11.8. The largest absolute Gasteiger partial charge is 0.393 e. The van der Waals surface area contributed by atoms with E-state index < -0.39 is 16.9 Å². The van der Waals surface area contributed by atoms with Crippen LogP contribution in [0.3, 0.4) is 0 Å². The quantitative estimate of drug-likeness (QED) is 0.412. The summed E-state index contributed by atoms with van der Waals surface area (Å²) in [6, 6.07) is 3.90. The minimum Gasteiger partial charge on any atom is -0.393 e. The molecule has 0 aromatic heterocycles. The first-order chi connectivity index (χ1) is 9.32. The molecule has 0 aliphatic rings. The molecule has 0 aliphatic heterocycles. The predicted octanol–water partition coefficient (Wildman–Crippen LogP) is 1.31. The molecule has 0 fully saturated rings. The molecule has 110 valence electrons. The van der Waals surface area contributed by atoms with Crippen LogP contribution >= 0.6 is 0 Å². The Morgan fingerprint density at radius 1 is 1.50 bits per heavy atom. The van der Waals surface area contributed by atoms with Crippen LogP contribution in [-0.4, -0.2) is 28.6 Å². The van der Waals surface area contributed by atoms with Crippen LogP contribution in [0.2, 0.25) is 0 Å². The van der Waals surface area contributed by atoms with Gasteiger partial charge in [0, 0.05) is 18.2 Å². The van der Waals surface area contributed by atoms with Gasteiger partial charge in [-0.25, -0.2) is 0 Å². The number of nitro benzene ring substituents is 1. The number of anilines is 1. The number of nitro groups is 1. The highest BCUT2D eigenvalue weighted by molar-refractivity contribution is 5.95. The van der Waals surface area contributed by atoms with E-state index in [-0.39, 0.29) is 22.9 Å². The molecule has 0 saturated carbocycles. The number of amides is 1. The van der Waals surface area contributed by atoms with Crippen LogP contribution in [-0.2, 0) is 0 Å². The smallest absolute Gasteiger partial charge is 0.292 e. The number of nitrogens with one attached hydrogen (secondary N) is 1. The summed E-state index contributed by atoms with van der Waals surface area (Å²) in [6.07, 6.45) is -0.0587. The lowest BCUT2D eigenvalue weighted by atomic mass is 10.0. The Labute approximate surface area is 116 Å². The van der Waals surface area contributed by atoms with Gasteiger partial charge < -0.3 is 16.2 Å². The summed E-state index contributed by atoms with van der Waals surface area (Å²) >= 11 is 0. The lowest BCUT2D eigenvalue weighted by molar-refractivity contribution is -0.383. The zero-order valence-electron chi connectivity index (χ0n) is 11.5. The molecule has 0 radical (unpaired) electrons. The van der Waals surface area contributed by atoms with Gasteiger partial charge in [0.25, 0.3) is 11.6 Å². The number of benzene rings is 1. The Morgan fingerprint density at radius 2 is 2.15 bits per heavy atom. The second-order valence-electron chi connectivity index (χ2n) is 4.89. The lowest BCUT2D eigenvalue weighted by Crippen LogP contribution is -2.28. The average Bonchev–Trinajstić information content (AvgIpc) is 2.38. The van der Waals surface area contributed by atoms with E-state index in [2.05, 4.69) is 5.32 Å². The van der Waals surface area contributed by atoms with E-state index in [0.29, 0.717) is 13.0 Å². The molecule has 1 atom stereocenters. The molecule has 7 heteroatoms. The van der Waals surface area contributed by atoms with Crippen molar-refractivity contribution in [2.24, 2.45) is 5.92 Å². The van der Waals surface area contributed by atoms with E-state index >= 15 is 0 Å². The first-order valence-corrected chi connectivity index (χ1v) is 6.33. The fourth-order valence-electron chi connectivity index (χ4n) is 1.61. The molecule has 1 aromatic rings. The topological polar surface area (TPSA) is 118 Å². The third-order valence-electron chi connectivity index (χ3n) is 2.98.